The number of imidazole rings is 1. The van der Waals surface area contributed by atoms with E-state index in [2.05, 4.69) is 4.98 Å². The number of aromatic nitrogens is 2. The maximum atomic E-state index is 11.6. The zero-order chi connectivity index (χ0) is 11.8. The highest BCUT2D eigenvalue weighted by atomic mass is 16.6. The van der Waals surface area contributed by atoms with E-state index in [9.17, 15) is 4.79 Å². The first-order valence-corrected chi connectivity index (χ1v) is 5.32. The summed E-state index contributed by atoms with van der Waals surface area (Å²) in [6, 6.07) is 5.53. The van der Waals surface area contributed by atoms with Gasteiger partial charge in [-0.15, -0.1) is 0 Å². The minimum atomic E-state index is -0.469. The van der Waals surface area contributed by atoms with Crippen LogP contribution in [-0.2, 0) is 9.53 Å². The SMILES string of the molecule is CCOC(=O)C1=Cn2cnc3cccc(c32)O1. The molecule has 0 spiro atoms. The Kier molecular flexibility index (Phi) is 2.11. The number of nitrogens with zero attached hydrogens (tertiary/aromatic N) is 2. The lowest BCUT2D eigenvalue weighted by molar-refractivity contribution is -0.140. The van der Waals surface area contributed by atoms with E-state index < -0.39 is 5.97 Å². The molecule has 0 radical (unpaired) electrons. The summed E-state index contributed by atoms with van der Waals surface area (Å²) < 4.78 is 12.2. The van der Waals surface area contributed by atoms with Crippen LogP contribution in [0.25, 0.3) is 17.2 Å². The molecule has 0 fully saturated rings. The summed E-state index contributed by atoms with van der Waals surface area (Å²) in [6.07, 6.45) is 3.23. The van der Waals surface area contributed by atoms with Crippen molar-refractivity contribution in [1.82, 2.24) is 9.55 Å². The summed E-state index contributed by atoms with van der Waals surface area (Å²) in [5.41, 5.74) is 1.70. The van der Waals surface area contributed by atoms with Crippen LogP contribution in [0.2, 0.25) is 0 Å². The molecule has 0 aliphatic carbocycles. The van der Waals surface area contributed by atoms with Gasteiger partial charge in [-0.05, 0) is 19.1 Å². The van der Waals surface area contributed by atoms with E-state index in [4.69, 9.17) is 9.47 Å². The second-order valence-corrected chi connectivity index (χ2v) is 3.59. The highest BCUT2D eigenvalue weighted by Crippen LogP contribution is 2.30. The lowest BCUT2D eigenvalue weighted by atomic mass is 10.2. The van der Waals surface area contributed by atoms with Crippen molar-refractivity contribution in [2.75, 3.05) is 6.61 Å². The largest absolute Gasteiger partial charge is 0.460 e. The molecule has 0 amide bonds. The number of benzene rings is 1. The predicted octanol–water partition coefficient (Wildman–Crippen LogP) is 1.79. The number of carbonyl (C=O) groups is 1. The van der Waals surface area contributed by atoms with E-state index in [1.165, 1.54) is 0 Å². The second-order valence-electron chi connectivity index (χ2n) is 3.59. The third-order valence-electron chi connectivity index (χ3n) is 2.51. The number of hydrogen-bond donors (Lipinski definition) is 0. The first kappa shape index (κ1) is 9.89. The molecule has 1 aromatic carbocycles. The van der Waals surface area contributed by atoms with Gasteiger partial charge in [-0.3, -0.25) is 4.57 Å². The number of rotatable bonds is 2. The van der Waals surface area contributed by atoms with Crippen LogP contribution in [0, 0.1) is 0 Å². The van der Waals surface area contributed by atoms with Crippen molar-refractivity contribution in [3.05, 3.63) is 30.3 Å². The summed E-state index contributed by atoms with van der Waals surface area (Å²) in [4.78, 5) is 15.8. The molecule has 0 saturated heterocycles. The van der Waals surface area contributed by atoms with Crippen LogP contribution in [0.4, 0.5) is 0 Å². The van der Waals surface area contributed by atoms with Gasteiger partial charge >= 0.3 is 5.97 Å². The number of para-hydroxylation sites is 1. The summed E-state index contributed by atoms with van der Waals surface area (Å²) in [5, 5.41) is 0. The fourth-order valence-corrected chi connectivity index (χ4v) is 1.80. The Morgan fingerprint density at radius 3 is 3.24 bits per heavy atom. The summed E-state index contributed by atoms with van der Waals surface area (Å²) in [5.74, 6) is 0.319. The first-order chi connectivity index (χ1) is 8.29. The first-order valence-electron chi connectivity index (χ1n) is 5.32. The van der Waals surface area contributed by atoms with Gasteiger partial charge in [0.25, 0.3) is 0 Å². The van der Waals surface area contributed by atoms with Crippen molar-refractivity contribution >= 4 is 23.2 Å². The standard InChI is InChI=1S/C12H10N2O3/c1-2-16-12(15)10-6-14-7-13-8-4-3-5-9(17-10)11(8)14/h3-7H,2H2,1H3. The number of hydrogen-bond acceptors (Lipinski definition) is 4. The molecule has 0 atom stereocenters. The van der Waals surface area contributed by atoms with Crippen LogP contribution in [0.3, 0.4) is 0 Å². The van der Waals surface area contributed by atoms with Gasteiger partial charge in [0.2, 0.25) is 5.76 Å². The van der Waals surface area contributed by atoms with Gasteiger partial charge in [0.05, 0.1) is 18.3 Å². The smallest absolute Gasteiger partial charge is 0.375 e. The van der Waals surface area contributed by atoms with E-state index >= 15 is 0 Å². The average molecular weight is 230 g/mol. The molecule has 0 unspecified atom stereocenters. The van der Waals surface area contributed by atoms with E-state index in [0.29, 0.717) is 12.4 Å². The van der Waals surface area contributed by atoms with Crippen molar-refractivity contribution in [3.8, 4) is 5.75 Å². The van der Waals surface area contributed by atoms with Crippen LogP contribution in [0.5, 0.6) is 5.75 Å². The topological polar surface area (TPSA) is 53.4 Å². The molecule has 3 rings (SSSR count). The predicted molar refractivity (Wildman–Crippen MR) is 61.3 cm³/mol. The molecule has 1 aromatic heterocycles. The summed E-state index contributed by atoms with van der Waals surface area (Å²) >= 11 is 0. The molecule has 0 N–H and O–H groups in total. The fraction of sp³-hybridized carbons (Fsp3) is 0.167. The van der Waals surface area contributed by atoms with Crippen LogP contribution in [0.15, 0.2) is 30.3 Å². The van der Waals surface area contributed by atoms with Crippen molar-refractivity contribution in [1.29, 1.82) is 0 Å². The molecule has 0 saturated carbocycles. The molecule has 1 aliphatic rings. The van der Waals surface area contributed by atoms with Crippen molar-refractivity contribution in [3.63, 3.8) is 0 Å². The molecule has 5 nitrogen and oxygen atoms in total. The summed E-state index contributed by atoms with van der Waals surface area (Å²) in [7, 11) is 0. The van der Waals surface area contributed by atoms with Gasteiger partial charge in [-0.2, -0.15) is 0 Å². The lowest BCUT2D eigenvalue weighted by Gasteiger charge is -2.15. The molecule has 17 heavy (non-hydrogen) atoms. The Bertz CT molecular complexity index is 628. The molecule has 5 heteroatoms. The van der Waals surface area contributed by atoms with Gasteiger partial charge in [-0.1, -0.05) is 6.07 Å². The minimum absolute atomic E-state index is 0.171. The lowest BCUT2D eigenvalue weighted by Crippen LogP contribution is -2.16. The highest BCUT2D eigenvalue weighted by molar-refractivity contribution is 5.94. The minimum Gasteiger partial charge on any atom is -0.460 e. The molecule has 1 aliphatic heterocycles. The van der Waals surface area contributed by atoms with Crippen LogP contribution in [0.1, 0.15) is 6.92 Å². The van der Waals surface area contributed by atoms with Crippen molar-refractivity contribution in [2.45, 2.75) is 6.92 Å². The Morgan fingerprint density at radius 2 is 2.41 bits per heavy atom. The van der Waals surface area contributed by atoms with E-state index in [1.807, 2.05) is 12.1 Å². The third-order valence-corrected chi connectivity index (χ3v) is 2.51. The zero-order valence-electron chi connectivity index (χ0n) is 9.21. The maximum Gasteiger partial charge on any atom is 0.375 e. The molecular weight excluding hydrogens is 220 g/mol. The number of esters is 1. The van der Waals surface area contributed by atoms with Crippen molar-refractivity contribution < 1.29 is 14.3 Å². The third kappa shape index (κ3) is 1.47. The average Bonchev–Trinajstić information content (AvgIpc) is 2.75. The van der Waals surface area contributed by atoms with Crippen LogP contribution >= 0.6 is 0 Å². The fourth-order valence-electron chi connectivity index (χ4n) is 1.80. The monoisotopic (exact) mass is 230 g/mol. The summed E-state index contributed by atoms with van der Waals surface area (Å²) in [6.45, 7) is 2.07. The molecule has 2 heterocycles. The quantitative estimate of drug-likeness (QED) is 0.738. The van der Waals surface area contributed by atoms with Crippen LogP contribution in [-0.4, -0.2) is 22.1 Å². The van der Waals surface area contributed by atoms with Gasteiger partial charge in [-0.25, -0.2) is 9.78 Å². The van der Waals surface area contributed by atoms with E-state index in [1.54, 1.807) is 30.1 Å². The molecule has 2 aromatic rings. The van der Waals surface area contributed by atoms with E-state index in [-0.39, 0.29) is 5.76 Å². The van der Waals surface area contributed by atoms with Gasteiger partial charge in [0.15, 0.2) is 5.75 Å². The van der Waals surface area contributed by atoms with E-state index in [0.717, 1.165) is 11.0 Å². The normalized spacial score (nSPS) is 13.1. The maximum absolute atomic E-state index is 11.6. The van der Waals surface area contributed by atoms with Gasteiger partial charge in [0, 0.05) is 0 Å². The number of carbonyl (C=O) groups excluding carboxylic acids is 1. The molecular formula is C12H10N2O3. The Hall–Kier alpha value is -2.30. The second kappa shape index (κ2) is 3.62. The van der Waals surface area contributed by atoms with Crippen LogP contribution < -0.4 is 4.74 Å². The van der Waals surface area contributed by atoms with Crippen molar-refractivity contribution in [2.24, 2.45) is 0 Å². The zero-order valence-corrected chi connectivity index (χ0v) is 9.21. The Labute approximate surface area is 97.3 Å². The van der Waals surface area contributed by atoms with Gasteiger partial charge < -0.3 is 9.47 Å². The Morgan fingerprint density at radius 1 is 1.53 bits per heavy atom. The highest BCUT2D eigenvalue weighted by Gasteiger charge is 2.21. The molecule has 86 valence electrons. The Balaban J connectivity index is 2.10. The molecule has 0 bridgehead atoms. The number of ether oxygens (including phenoxy) is 2. The van der Waals surface area contributed by atoms with Gasteiger partial charge in [0.1, 0.15) is 11.8 Å².